The van der Waals surface area contributed by atoms with Gasteiger partial charge in [0.2, 0.25) is 94.5 Å². The van der Waals surface area contributed by atoms with E-state index in [0.29, 0.717) is 40.8 Å². The van der Waals surface area contributed by atoms with E-state index in [1.54, 1.807) is 0 Å². The number of primary amides is 1. The number of nitrogens with zero attached hydrogens (tertiary/aromatic N) is 13. The first-order valence-electron chi connectivity index (χ1n) is 42.8. The lowest BCUT2D eigenvalue weighted by molar-refractivity contribution is -0.150. The van der Waals surface area contributed by atoms with Crippen LogP contribution < -0.4 is 11.1 Å². The Morgan fingerprint density at radius 3 is 0.865 bits per heavy atom. The Morgan fingerprint density at radius 2 is 0.617 bits per heavy atom. The molecule has 133 heavy (non-hydrogen) atoms. The van der Waals surface area contributed by atoms with Gasteiger partial charge in [0.05, 0.1) is 175 Å². The summed E-state index contributed by atoms with van der Waals surface area (Å²) in [5.74, 6) is -22.9. The predicted octanol–water partition coefficient (Wildman–Crippen LogP) is -6.65. The quantitative estimate of drug-likeness (QED) is 0.0202. The Morgan fingerprint density at radius 1 is 0.361 bits per heavy atom. The zero-order valence-corrected chi connectivity index (χ0v) is 77.8. The number of carbonyl (C=O) groups is 22. The largest absolute Gasteiger partial charge is 0.481 e. The molecule has 0 aromatic rings. The number of carboxylic acids is 6. The van der Waals surface area contributed by atoms with Gasteiger partial charge in [-0.3, -0.25) is 110 Å². The molecule has 1 rings (SSSR count). The van der Waals surface area contributed by atoms with Gasteiger partial charge in [-0.1, -0.05) is 20.3 Å². The molecule has 754 valence electrons. The summed E-state index contributed by atoms with van der Waals surface area (Å²) in [6, 6.07) is 0. The van der Waals surface area contributed by atoms with Crippen LogP contribution in [-0.4, -0.2) is 513 Å². The van der Waals surface area contributed by atoms with Crippen LogP contribution in [0, 0.1) is 11.8 Å². The van der Waals surface area contributed by atoms with Gasteiger partial charge in [0.25, 0.3) is 0 Å². The molecular formula is C81H133N15O36S. The SMILES string of the molecule is COCCN(CC(N)=O)C(=O)CN(CCC(=O)O)C(=O)CN(CCOC)C(=O)CN(CCC(=O)O)C(=O)CN(CCOC)C(=O)CN(CCC(=O)O)C(=O)CN(CCOC)C(=O)CN(CCC(=O)O)C(=O)CN(CCOC)C(=O)CN(CCC(=O)O)C(=O)CN(CCOC)C(=O)CN(CCC(=O)O)C(=O)CCCCCNC(=O)CCN1C(=O)CC(CSCC(O)COCC(C)C)C1=O. The fourth-order valence-corrected chi connectivity index (χ4v) is 13.4. The van der Waals surface area contributed by atoms with Crippen molar-refractivity contribution in [3.8, 4) is 0 Å². The molecule has 1 saturated heterocycles. The third-order valence-corrected chi connectivity index (χ3v) is 21.1. The Labute approximate surface area is 774 Å². The lowest BCUT2D eigenvalue weighted by Crippen LogP contribution is -2.54. The van der Waals surface area contributed by atoms with Crippen LogP contribution in [0.5, 0.6) is 0 Å². The van der Waals surface area contributed by atoms with Gasteiger partial charge in [-0.2, -0.15) is 11.8 Å². The highest BCUT2D eigenvalue weighted by Gasteiger charge is 2.40. The lowest BCUT2D eigenvalue weighted by atomic mass is 10.1. The summed E-state index contributed by atoms with van der Waals surface area (Å²) < 4.78 is 36.3. The number of hydrogen-bond donors (Lipinski definition) is 9. The zero-order valence-electron chi connectivity index (χ0n) is 76.9. The Hall–Kier alpha value is -11.4. The average molecular weight is 1930 g/mol. The molecule has 0 aromatic carbocycles. The summed E-state index contributed by atoms with van der Waals surface area (Å²) in [6.45, 7) is -14.5. The van der Waals surface area contributed by atoms with E-state index in [4.69, 9.17) is 38.9 Å². The number of aliphatic carboxylic acids is 6. The number of hydrogen-bond acceptors (Lipinski definition) is 31. The summed E-state index contributed by atoms with van der Waals surface area (Å²) in [4.78, 5) is 304. The third kappa shape index (κ3) is 52.0. The second-order valence-electron chi connectivity index (χ2n) is 30.9. The number of aliphatic hydroxyl groups excluding tert-OH is 1. The minimum Gasteiger partial charge on any atom is -0.481 e. The van der Waals surface area contributed by atoms with Gasteiger partial charge in [-0.05, 0) is 18.8 Å². The average Bonchev–Trinajstić information content (AvgIpc) is 1.70. The molecule has 0 aliphatic carbocycles. The maximum absolute atomic E-state index is 14.6. The van der Waals surface area contributed by atoms with Gasteiger partial charge in [0.15, 0.2) is 0 Å². The number of amides is 16. The van der Waals surface area contributed by atoms with Crippen LogP contribution in [0.2, 0.25) is 0 Å². The van der Waals surface area contributed by atoms with E-state index in [2.05, 4.69) is 5.32 Å². The van der Waals surface area contributed by atoms with Crippen molar-refractivity contribution in [3.63, 3.8) is 0 Å². The molecule has 1 aliphatic rings. The highest BCUT2D eigenvalue weighted by atomic mass is 32.2. The van der Waals surface area contributed by atoms with Gasteiger partial charge in [0, 0.05) is 172 Å². The highest BCUT2D eigenvalue weighted by Crippen LogP contribution is 2.25. The zero-order chi connectivity index (χ0) is 100. The first-order chi connectivity index (χ1) is 62.9. The number of aliphatic hydroxyl groups is 1. The maximum Gasteiger partial charge on any atom is 0.305 e. The van der Waals surface area contributed by atoms with Gasteiger partial charge in [-0.25, -0.2) is 0 Å². The Balaban J connectivity index is 3.55. The second kappa shape index (κ2) is 67.7. The van der Waals surface area contributed by atoms with Crippen LogP contribution in [0.1, 0.15) is 90.9 Å². The molecule has 1 heterocycles. The number of nitrogens with two attached hydrogens (primary N) is 1. The molecule has 52 heteroatoms. The van der Waals surface area contributed by atoms with E-state index in [1.807, 2.05) is 13.8 Å². The molecule has 1 aliphatic heterocycles. The monoisotopic (exact) mass is 1920 g/mol. The topological polar surface area (TPSA) is 662 Å². The number of likely N-dealkylation sites (tertiary alicyclic amines) is 1. The number of thioether (sulfide) groups is 1. The van der Waals surface area contributed by atoms with E-state index in [1.165, 1.54) is 54.4 Å². The van der Waals surface area contributed by atoms with E-state index in [-0.39, 0.29) is 111 Å². The molecule has 2 unspecified atom stereocenters. The van der Waals surface area contributed by atoms with Crippen LogP contribution in [0.4, 0.5) is 0 Å². The van der Waals surface area contributed by atoms with Crippen molar-refractivity contribution in [1.82, 2.24) is 69.0 Å². The molecule has 2 atom stereocenters. The van der Waals surface area contributed by atoms with Crippen LogP contribution in [0.25, 0.3) is 0 Å². The molecule has 0 spiro atoms. The normalized spacial score (nSPS) is 12.4. The Bertz CT molecular complexity index is 3830. The number of unbranched alkanes of at least 4 members (excludes halogenated alkanes) is 2. The number of methoxy groups -OCH3 is 6. The van der Waals surface area contributed by atoms with Gasteiger partial charge >= 0.3 is 35.8 Å². The van der Waals surface area contributed by atoms with Crippen molar-refractivity contribution in [1.29, 1.82) is 0 Å². The van der Waals surface area contributed by atoms with Crippen LogP contribution in [0.3, 0.4) is 0 Å². The van der Waals surface area contributed by atoms with Crippen molar-refractivity contribution in [2.75, 3.05) is 277 Å². The number of imide groups is 1. The molecule has 0 radical (unpaired) electrons. The summed E-state index contributed by atoms with van der Waals surface area (Å²) in [5, 5.41) is 71.3. The van der Waals surface area contributed by atoms with Crippen LogP contribution >= 0.6 is 11.8 Å². The van der Waals surface area contributed by atoms with Crippen molar-refractivity contribution in [2.24, 2.45) is 17.6 Å². The number of ether oxygens (including phenoxy) is 7. The maximum atomic E-state index is 14.6. The fraction of sp³-hybridized carbons (Fsp3) is 0.728. The van der Waals surface area contributed by atoms with Crippen molar-refractivity contribution in [3.05, 3.63) is 0 Å². The summed E-state index contributed by atoms with van der Waals surface area (Å²) in [7, 11) is 7.39. The van der Waals surface area contributed by atoms with E-state index in [0.717, 1.165) is 53.9 Å². The van der Waals surface area contributed by atoms with Crippen molar-refractivity contribution in [2.45, 2.75) is 97.0 Å². The molecule has 51 nitrogen and oxygen atoms in total. The smallest absolute Gasteiger partial charge is 0.305 e. The Kier molecular flexibility index (Phi) is 60.9. The number of carboxylic acid groups (broad SMARTS) is 6. The minimum atomic E-state index is -1.50. The van der Waals surface area contributed by atoms with Gasteiger partial charge in [0.1, 0.15) is 0 Å². The molecule has 10 N–H and O–H groups in total. The van der Waals surface area contributed by atoms with Crippen LogP contribution in [0.15, 0.2) is 0 Å². The number of carbonyl (C=O) groups excluding carboxylic acids is 16. The molecule has 16 amide bonds. The van der Waals surface area contributed by atoms with Gasteiger partial charge in [-0.15, -0.1) is 0 Å². The summed E-state index contributed by atoms with van der Waals surface area (Å²) in [6.07, 6.45) is -4.90. The standard InChI is InChI=1S/C81H133N15O36S/c1-57(2)53-132-54-59(97)56-133-55-58-40-63(101)96(81(58)125)27-13-61(99)83-20-11-9-10-12-62(100)84(21-14-75(113)114)42-70(108)91(29-35-127-4)48-65(103)86(23-16-77(117)118)44-72(110)93(31-37-129-6)50-67(105)88(25-18-79(121)122)46-74(112)95(33-39-131-8)52-68(106)89(26-19-80(123)124)47-73(111)94(32-38-130-7)51-66(104)87(24-17-78(119)120)45-71(109)92(30-36-128-5)49-64(102)85(22-15-76(115)116)43-69(107)90(28-34-126-3)41-60(82)98/h57-59,97H,9-56H2,1-8H3,(H2,82,98)(H,83,99)(H,113,114)(H,115,116)(H,117,118)(H,119,120)(H,121,122)(H,123,124). The molecule has 0 bridgehead atoms. The van der Waals surface area contributed by atoms with Crippen molar-refractivity contribution < 1.29 is 174 Å². The highest BCUT2D eigenvalue weighted by molar-refractivity contribution is 7.99. The van der Waals surface area contributed by atoms with E-state index < -0.39 is 318 Å². The molecule has 0 aromatic heterocycles. The van der Waals surface area contributed by atoms with Crippen molar-refractivity contribution >= 4 is 142 Å². The second-order valence-corrected chi connectivity index (χ2v) is 32.0. The summed E-state index contributed by atoms with van der Waals surface area (Å²) in [5.41, 5.74) is 5.33. The molecule has 0 saturated carbocycles. The fourth-order valence-electron chi connectivity index (χ4n) is 12.4. The van der Waals surface area contributed by atoms with E-state index in [9.17, 15) is 141 Å². The first-order valence-corrected chi connectivity index (χ1v) is 43.9. The minimum absolute atomic E-state index is 0.0317. The summed E-state index contributed by atoms with van der Waals surface area (Å²) >= 11 is 1.32. The molecule has 1 fully saturated rings. The van der Waals surface area contributed by atoms with Gasteiger partial charge < -0.3 is 139 Å². The number of nitrogens with one attached hydrogen (secondary N) is 1. The third-order valence-electron chi connectivity index (χ3n) is 19.8. The predicted molar refractivity (Wildman–Crippen MR) is 463 cm³/mol. The van der Waals surface area contributed by atoms with Crippen LogP contribution in [-0.2, 0) is 139 Å². The number of rotatable bonds is 77. The molecular weight excluding hydrogens is 1790 g/mol. The van der Waals surface area contributed by atoms with E-state index >= 15 is 0 Å². The first kappa shape index (κ1) is 120. The lowest BCUT2D eigenvalue weighted by Gasteiger charge is -2.33.